The lowest BCUT2D eigenvalue weighted by atomic mass is 9.92. The van der Waals surface area contributed by atoms with E-state index in [1.54, 1.807) is 0 Å². The Hall–Kier alpha value is -0.870. The molecule has 1 fully saturated rings. The van der Waals surface area contributed by atoms with E-state index in [4.69, 9.17) is 5.73 Å². The van der Waals surface area contributed by atoms with E-state index in [1.165, 1.54) is 0 Å². The minimum Gasteiger partial charge on any atom is -0.379 e. The number of aliphatic hydroxyl groups is 1. The van der Waals surface area contributed by atoms with Gasteiger partial charge in [-0.1, -0.05) is 12.2 Å². The standard InChI is InChI=1S/C10H18N2O2/c1-8(2)6-12-5-3-4-10(14,7-12)9(11)13/h14H,1,3-7H2,2H3,(H2,11,13). The van der Waals surface area contributed by atoms with Gasteiger partial charge in [-0.05, 0) is 26.3 Å². The Bertz CT molecular complexity index is 253. The van der Waals surface area contributed by atoms with Gasteiger partial charge in [-0.15, -0.1) is 0 Å². The Morgan fingerprint density at radius 1 is 1.71 bits per heavy atom. The van der Waals surface area contributed by atoms with Gasteiger partial charge >= 0.3 is 0 Å². The summed E-state index contributed by atoms with van der Waals surface area (Å²) in [7, 11) is 0. The molecule has 0 spiro atoms. The first-order valence-electron chi connectivity index (χ1n) is 4.83. The normalized spacial score (nSPS) is 28.7. The number of hydrogen-bond acceptors (Lipinski definition) is 3. The van der Waals surface area contributed by atoms with Gasteiger partial charge in [-0.25, -0.2) is 0 Å². The lowest BCUT2D eigenvalue weighted by molar-refractivity contribution is -0.141. The van der Waals surface area contributed by atoms with E-state index in [2.05, 4.69) is 6.58 Å². The highest BCUT2D eigenvalue weighted by atomic mass is 16.3. The van der Waals surface area contributed by atoms with Crippen LogP contribution >= 0.6 is 0 Å². The molecule has 1 unspecified atom stereocenters. The summed E-state index contributed by atoms with van der Waals surface area (Å²) in [6, 6.07) is 0. The van der Waals surface area contributed by atoms with Gasteiger partial charge in [-0.2, -0.15) is 0 Å². The summed E-state index contributed by atoms with van der Waals surface area (Å²) in [5, 5.41) is 9.89. The van der Waals surface area contributed by atoms with Crippen molar-refractivity contribution in [3.8, 4) is 0 Å². The average molecular weight is 198 g/mol. The number of likely N-dealkylation sites (tertiary alicyclic amines) is 1. The van der Waals surface area contributed by atoms with Crippen LogP contribution in [0.2, 0.25) is 0 Å². The Morgan fingerprint density at radius 3 is 2.86 bits per heavy atom. The molecule has 0 radical (unpaired) electrons. The van der Waals surface area contributed by atoms with Crippen molar-refractivity contribution in [3.63, 3.8) is 0 Å². The van der Waals surface area contributed by atoms with Gasteiger partial charge < -0.3 is 10.8 Å². The zero-order valence-corrected chi connectivity index (χ0v) is 8.62. The zero-order chi connectivity index (χ0) is 10.8. The number of nitrogens with two attached hydrogens (primary N) is 1. The maximum Gasteiger partial charge on any atom is 0.250 e. The van der Waals surface area contributed by atoms with E-state index in [0.717, 1.165) is 25.1 Å². The third-order valence-corrected chi connectivity index (χ3v) is 2.50. The summed E-state index contributed by atoms with van der Waals surface area (Å²) in [6.07, 6.45) is 1.27. The molecule has 1 aliphatic rings. The maximum atomic E-state index is 11.0. The highest BCUT2D eigenvalue weighted by Gasteiger charge is 2.38. The first-order chi connectivity index (χ1) is 6.44. The fraction of sp³-hybridized carbons (Fsp3) is 0.700. The smallest absolute Gasteiger partial charge is 0.250 e. The molecule has 0 aromatic carbocycles. The molecule has 0 saturated carbocycles. The molecule has 4 heteroatoms. The van der Waals surface area contributed by atoms with Crippen LogP contribution in [0.5, 0.6) is 0 Å². The predicted octanol–water partition coefficient (Wildman–Crippen LogP) is -0.125. The molecular weight excluding hydrogens is 180 g/mol. The Morgan fingerprint density at radius 2 is 2.36 bits per heavy atom. The van der Waals surface area contributed by atoms with Crippen molar-refractivity contribution >= 4 is 5.91 Å². The second-order valence-corrected chi connectivity index (χ2v) is 4.17. The SMILES string of the molecule is C=C(C)CN1CCCC(O)(C(N)=O)C1. The van der Waals surface area contributed by atoms with Crippen LogP contribution in [0.3, 0.4) is 0 Å². The number of carbonyl (C=O) groups is 1. The molecule has 1 aliphatic heterocycles. The van der Waals surface area contributed by atoms with Gasteiger partial charge in [0.2, 0.25) is 0 Å². The first kappa shape index (κ1) is 11.2. The number of rotatable bonds is 3. The molecule has 1 heterocycles. The van der Waals surface area contributed by atoms with Crippen molar-refractivity contribution in [2.45, 2.75) is 25.4 Å². The van der Waals surface area contributed by atoms with E-state index in [9.17, 15) is 9.90 Å². The van der Waals surface area contributed by atoms with Gasteiger partial charge in [-0.3, -0.25) is 9.69 Å². The summed E-state index contributed by atoms with van der Waals surface area (Å²) in [4.78, 5) is 13.0. The molecule has 0 aromatic heterocycles. The van der Waals surface area contributed by atoms with E-state index >= 15 is 0 Å². The molecule has 1 saturated heterocycles. The lowest BCUT2D eigenvalue weighted by Crippen LogP contribution is -2.55. The number of nitrogens with zero attached hydrogens (tertiary/aromatic N) is 1. The first-order valence-corrected chi connectivity index (χ1v) is 4.83. The molecule has 0 aromatic rings. The van der Waals surface area contributed by atoms with Gasteiger partial charge in [0.25, 0.3) is 5.91 Å². The molecule has 4 nitrogen and oxygen atoms in total. The van der Waals surface area contributed by atoms with Crippen molar-refractivity contribution in [2.24, 2.45) is 5.73 Å². The van der Waals surface area contributed by atoms with Gasteiger partial charge in [0.1, 0.15) is 0 Å². The number of β-amino-alcohol motifs (C(OH)–C–C–N with tert-alkyl or cyclic N) is 1. The minimum atomic E-state index is -1.34. The zero-order valence-electron chi connectivity index (χ0n) is 8.62. The third-order valence-electron chi connectivity index (χ3n) is 2.50. The van der Waals surface area contributed by atoms with Crippen LogP contribution in [0.1, 0.15) is 19.8 Å². The molecule has 1 amide bonds. The van der Waals surface area contributed by atoms with Crippen LogP contribution in [0, 0.1) is 0 Å². The summed E-state index contributed by atoms with van der Waals surface area (Å²) < 4.78 is 0. The maximum absolute atomic E-state index is 11.0. The number of primary amides is 1. The highest BCUT2D eigenvalue weighted by molar-refractivity contribution is 5.83. The molecule has 1 rings (SSSR count). The molecule has 0 aliphatic carbocycles. The van der Waals surface area contributed by atoms with Crippen molar-refractivity contribution in [1.82, 2.24) is 4.90 Å². The minimum absolute atomic E-state index is 0.329. The third kappa shape index (κ3) is 2.56. The predicted molar refractivity (Wildman–Crippen MR) is 54.6 cm³/mol. The van der Waals surface area contributed by atoms with Crippen molar-refractivity contribution in [3.05, 3.63) is 12.2 Å². The fourth-order valence-corrected chi connectivity index (χ4v) is 1.84. The van der Waals surface area contributed by atoms with Crippen LogP contribution in [0.25, 0.3) is 0 Å². The monoisotopic (exact) mass is 198 g/mol. The van der Waals surface area contributed by atoms with E-state index in [-0.39, 0.29) is 0 Å². The summed E-state index contributed by atoms with van der Waals surface area (Å²) in [5.41, 5.74) is 4.84. The Kier molecular flexibility index (Phi) is 3.29. The second kappa shape index (κ2) is 4.11. The van der Waals surface area contributed by atoms with Crippen LogP contribution in [0.15, 0.2) is 12.2 Å². The number of hydrogen-bond donors (Lipinski definition) is 2. The molecule has 80 valence electrons. The van der Waals surface area contributed by atoms with Crippen LogP contribution < -0.4 is 5.73 Å². The summed E-state index contributed by atoms with van der Waals surface area (Å²) in [6.45, 7) is 7.67. The number of carbonyl (C=O) groups excluding carboxylic acids is 1. The molecule has 3 N–H and O–H groups in total. The molecule has 14 heavy (non-hydrogen) atoms. The second-order valence-electron chi connectivity index (χ2n) is 4.17. The quantitative estimate of drug-likeness (QED) is 0.621. The van der Waals surface area contributed by atoms with Crippen LogP contribution in [-0.2, 0) is 4.79 Å². The van der Waals surface area contributed by atoms with E-state index < -0.39 is 11.5 Å². The van der Waals surface area contributed by atoms with Crippen LogP contribution in [-0.4, -0.2) is 41.1 Å². The molecular formula is C10H18N2O2. The fourth-order valence-electron chi connectivity index (χ4n) is 1.84. The Balaban J connectivity index is 2.59. The average Bonchev–Trinajstić information content (AvgIpc) is 2.02. The molecule has 1 atom stereocenters. The summed E-state index contributed by atoms with van der Waals surface area (Å²) in [5.74, 6) is -0.621. The van der Waals surface area contributed by atoms with E-state index in [1.807, 2.05) is 11.8 Å². The van der Waals surface area contributed by atoms with Crippen molar-refractivity contribution in [2.75, 3.05) is 19.6 Å². The number of amides is 1. The van der Waals surface area contributed by atoms with Gasteiger partial charge in [0.15, 0.2) is 5.60 Å². The van der Waals surface area contributed by atoms with Crippen LogP contribution in [0.4, 0.5) is 0 Å². The summed E-state index contributed by atoms with van der Waals surface area (Å²) >= 11 is 0. The lowest BCUT2D eigenvalue weighted by Gasteiger charge is -2.37. The van der Waals surface area contributed by atoms with E-state index in [0.29, 0.717) is 13.0 Å². The Labute approximate surface area is 84.4 Å². The highest BCUT2D eigenvalue weighted by Crippen LogP contribution is 2.21. The van der Waals surface area contributed by atoms with Crippen molar-refractivity contribution in [1.29, 1.82) is 0 Å². The van der Waals surface area contributed by atoms with Crippen molar-refractivity contribution < 1.29 is 9.90 Å². The number of piperidine rings is 1. The largest absolute Gasteiger partial charge is 0.379 e. The van der Waals surface area contributed by atoms with Gasteiger partial charge in [0.05, 0.1) is 0 Å². The molecule has 0 bridgehead atoms. The topological polar surface area (TPSA) is 66.6 Å². The van der Waals surface area contributed by atoms with Gasteiger partial charge in [0, 0.05) is 13.1 Å².